The van der Waals surface area contributed by atoms with Crippen LogP contribution in [0.3, 0.4) is 0 Å². The van der Waals surface area contributed by atoms with Crippen molar-refractivity contribution in [2.24, 2.45) is 0 Å². The summed E-state index contributed by atoms with van der Waals surface area (Å²) in [7, 11) is 0. The van der Waals surface area contributed by atoms with Gasteiger partial charge in [0.25, 0.3) is 6.01 Å². The van der Waals surface area contributed by atoms with Gasteiger partial charge in [-0.2, -0.15) is 4.98 Å². The van der Waals surface area contributed by atoms with Gasteiger partial charge in [0.15, 0.2) is 5.69 Å². The molecule has 0 bridgehead atoms. The van der Waals surface area contributed by atoms with Gasteiger partial charge >= 0.3 is 5.97 Å². The number of anilines is 1. The van der Waals surface area contributed by atoms with Crippen molar-refractivity contribution >= 4 is 24.4 Å². The molecule has 0 aliphatic rings. The van der Waals surface area contributed by atoms with E-state index in [1.165, 1.54) is 6.92 Å². The minimum atomic E-state index is -1.13. The Bertz CT molecular complexity index is 271. The van der Waals surface area contributed by atoms with E-state index in [9.17, 15) is 4.79 Å². The minimum Gasteiger partial charge on any atom is -0.476 e. The lowest BCUT2D eigenvalue weighted by molar-refractivity contribution is 0.0689. The van der Waals surface area contributed by atoms with Crippen LogP contribution in [0, 0.1) is 6.92 Å². The van der Waals surface area contributed by atoms with Gasteiger partial charge < -0.3 is 15.3 Å². The molecule has 0 fully saturated rings. The Morgan fingerprint density at radius 3 is 2.45 bits per heavy atom. The largest absolute Gasteiger partial charge is 0.476 e. The average molecular weight is 179 g/mol. The van der Waals surface area contributed by atoms with E-state index < -0.39 is 5.97 Å². The second-order valence-corrected chi connectivity index (χ2v) is 1.76. The van der Waals surface area contributed by atoms with Crippen LogP contribution in [0.1, 0.15) is 16.2 Å². The summed E-state index contributed by atoms with van der Waals surface area (Å²) in [5.74, 6) is -0.900. The van der Waals surface area contributed by atoms with Crippen LogP contribution in [-0.2, 0) is 0 Å². The molecule has 3 N–H and O–H groups in total. The summed E-state index contributed by atoms with van der Waals surface area (Å²) in [6.07, 6.45) is 0. The molecule has 1 rings (SSSR count). The summed E-state index contributed by atoms with van der Waals surface area (Å²) in [4.78, 5) is 13.7. The van der Waals surface area contributed by atoms with E-state index in [-0.39, 0.29) is 29.9 Å². The zero-order valence-corrected chi connectivity index (χ0v) is 6.51. The van der Waals surface area contributed by atoms with Crippen molar-refractivity contribution in [2.45, 2.75) is 6.92 Å². The summed E-state index contributed by atoms with van der Waals surface area (Å²) >= 11 is 0. The molecule has 0 unspecified atom stereocenters. The molecule has 5 nitrogen and oxygen atoms in total. The number of rotatable bonds is 1. The number of nitrogens with zero attached hydrogens (tertiary/aromatic N) is 1. The highest BCUT2D eigenvalue weighted by Gasteiger charge is 2.13. The third kappa shape index (κ3) is 1.84. The SMILES string of the molecule is Cc1oc(N)nc1C(=O)O.Cl. The van der Waals surface area contributed by atoms with Crippen molar-refractivity contribution in [1.29, 1.82) is 0 Å². The normalized spacial score (nSPS) is 8.82. The van der Waals surface area contributed by atoms with Crippen molar-refractivity contribution in [3.8, 4) is 0 Å². The highest BCUT2D eigenvalue weighted by molar-refractivity contribution is 5.86. The van der Waals surface area contributed by atoms with Gasteiger partial charge in [0.2, 0.25) is 0 Å². The molecule has 0 radical (unpaired) electrons. The molecular weight excluding hydrogens is 172 g/mol. The van der Waals surface area contributed by atoms with Crippen molar-refractivity contribution in [3.63, 3.8) is 0 Å². The second-order valence-electron chi connectivity index (χ2n) is 1.76. The zero-order chi connectivity index (χ0) is 7.72. The maximum atomic E-state index is 10.3. The van der Waals surface area contributed by atoms with Crippen LogP contribution in [0.4, 0.5) is 6.01 Å². The molecule has 0 saturated heterocycles. The fraction of sp³-hybridized carbons (Fsp3) is 0.200. The summed E-state index contributed by atoms with van der Waals surface area (Å²) < 4.78 is 4.66. The number of oxazole rings is 1. The van der Waals surface area contributed by atoms with Crippen molar-refractivity contribution < 1.29 is 14.3 Å². The van der Waals surface area contributed by atoms with Gasteiger partial charge in [-0.15, -0.1) is 12.4 Å². The highest BCUT2D eigenvalue weighted by Crippen LogP contribution is 2.09. The quantitative estimate of drug-likeness (QED) is 0.660. The van der Waals surface area contributed by atoms with Crippen LogP contribution in [-0.4, -0.2) is 16.1 Å². The Hall–Kier alpha value is -1.23. The van der Waals surface area contributed by atoms with E-state index in [0.29, 0.717) is 0 Å². The van der Waals surface area contributed by atoms with E-state index in [2.05, 4.69) is 9.40 Å². The van der Waals surface area contributed by atoms with Crippen LogP contribution in [0.5, 0.6) is 0 Å². The van der Waals surface area contributed by atoms with Gasteiger partial charge in [0, 0.05) is 0 Å². The molecule has 0 aromatic carbocycles. The van der Waals surface area contributed by atoms with Crippen LogP contribution >= 0.6 is 12.4 Å². The molecule has 6 heteroatoms. The maximum Gasteiger partial charge on any atom is 0.358 e. The highest BCUT2D eigenvalue weighted by atomic mass is 35.5. The average Bonchev–Trinajstić information content (AvgIpc) is 2.10. The van der Waals surface area contributed by atoms with Crippen LogP contribution in [0.15, 0.2) is 4.42 Å². The maximum absolute atomic E-state index is 10.3. The molecule has 0 saturated carbocycles. The first-order valence-corrected chi connectivity index (χ1v) is 2.57. The van der Waals surface area contributed by atoms with E-state index >= 15 is 0 Å². The molecule has 0 spiro atoms. The number of carbonyl (C=O) groups is 1. The number of halogens is 1. The van der Waals surface area contributed by atoms with Crippen molar-refractivity contribution in [3.05, 3.63) is 11.5 Å². The lowest BCUT2D eigenvalue weighted by Crippen LogP contribution is -1.98. The third-order valence-corrected chi connectivity index (χ3v) is 1.02. The van der Waals surface area contributed by atoms with Crippen LogP contribution in [0.2, 0.25) is 0 Å². The Balaban J connectivity index is 0.000001000. The number of aromatic nitrogens is 1. The van der Waals surface area contributed by atoms with Gasteiger partial charge in [-0.25, -0.2) is 4.79 Å². The van der Waals surface area contributed by atoms with E-state index in [1.54, 1.807) is 0 Å². The Morgan fingerprint density at radius 1 is 1.73 bits per heavy atom. The molecule has 1 heterocycles. The van der Waals surface area contributed by atoms with E-state index in [0.717, 1.165) is 0 Å². The summed E-state index contributed by atoms with van der Waals surface area (Å²) in [6.45, 7) is 1.49. The van der Waals surface area contributed by atoms with E-state index in [1.807, 2.05) is 0 Å². The first-order valence-electron chi connectivity index (χ1n) is 2.57. The summed E-state index contributed by atoms with van der Waals surface area (Å²) in [6, 6.07) is -0.116. The minimum absolute atomic E-state index is 0. The van der Waals surface area contributed by atoms with Crippen LogP contribution in [0.25, 0.3) is 0 Å². The van der Waals surface area contributed by atoms with Gasteiger partial charge in [0.05, 0.1) is 0 Å². The molecule has 0 aliphatic carbocycles. The number of aromatic carboxylic acids is 1. The topological polar surface area (TPSA) is 89.4 Å². The predicted molar refractivity (Wildman–Crippen MR) is 39.9 cm³/mol. The Morgan fingerprint density at radius 2 is 2.27 bits per heavy atom. The van der Waals surface area contributed by atoms with Crippen molar-refractivity contribution in [1.82, 2.24) is 4.98 Å². The van der Waals surface area contributed by atoms with E-state index in [4.69, 9.17) is 10.8 Å². The first-order chi connectivity index (χ1) is 4.61. The fourth-order valence-electron chi connectivity index (χ4n) is 0.615. The summed E-state index contributed by atoms with van der Waals surface area (Å²) in [5.41, 5.74) is 4.95. The lowest BCUT2D eigenvalue weighted by atomic mass is 10.4. The molecule has 0 atom stereocenters. The predicted octanol–water partition coefficient (Wildman–Crippen LogP) is 0.685. The molecule has 0 aliphatic heterocycles. The van der Waals surface area contributed by atoms with Crippen LogP contribution < -0.4 is 5.73 Å². The van der Waals surface area contributed by atoms with Gasteiger partial charge in [-0.05, 0) is 6.92 Å². The number of carboxylic acid groups (broad SMARTS) is 1. The van der Waals surface area contributed by atoms with Gasteiger partial charge in [-0.1, -0.05) is 0 Å². The third-order valence-electron chi connectivity index (χ3n) is 1.02. The Kier molecular flexibility index (Phi) is 2.88. The number of hydrogen-bond acceptors (Lipinski definition) is 4. The zero-order valence-electron chi connectivity index (χ0n) is 5.70. The number of aryl methyl sites for hydroxylation is 1. The first kappa shape index (κ1) is 9.77. The van der Waals surface area contributed by atoms with Gasteiger partial charge in [-0.3, -0.25) is 0 Å². The second kappa shape index (κ2) is 3.25. The molecule has 1 aromatic rings. The Labute approximate surface area is 68.6 Å². The number of nitrogen functional groups attached to an aromatic ring is 1. The van der Waals surface area contributed by atoms with Crippen molar-refractivity contribution in [2.75, 3.05) is 5.73 Å². The van der Waals surface area contributed by atoms with Gasteiger partial charge in [0.1, 0.15) is 5.76 Å². The number of hydrogen-bond donors (Lipinski definition) is 2. The molecular formula is C5H7ClN2O3. The monoisotopic (exact) mass is 178 g/mol. The summed E-state index contributed by atoms with van der Waals surface area (Å²) in [5, 5.41) is 8.40. The standard InChI is InChI=1S/C5H6N2O3.ClH/c1-2-3(4(8)9)7-5(6)10-2;/h1H3,(H2,6,7)(H,8,9);1H. The molecule has 11 heavy (non-hydrogen) atoms. The molecule has 0 amide bonds. The molecule has 62 valence electrons. The molecule has 1 aromatic heterocycles. The lowest BCUT2D eigenvalue weighted by Gasteiger charge is -1.82. The smallest absolute Gasteiger partial charge is 0.358 e. The number of carboxylic acids is 1. The number of nitrogens with two attached hydrogens (primary N) is 1. The fourth-order valence-corrected chi connectivity index (χ4v) is 0.615.